The molecule has 3 saturated heterocycles. The smallest absolute Gasteiger partial charge is 0.256 e. The molecule has 8 nitrogen and oxygen atoms in total. The summed E-state index contributed by atoms with van der Waals surface area (Å²) in [6, 6.07) is 14.5. The van der Waals surface area contributed by atoms with Gasteiger partial charge in [0.05, 0.1) is 11.5 Å². The average Bonchev–Trinajstić information content (AvgIpc) is 2.92. The van der Waals surface area contributed by atoms with Crippen molar-refractivity contribution < 1.29 is 18.7 Å². The van der Waals surface area contributed by atoms with Gasteiger partial charge in [-0.05, 0) is 55.6 Å². The Labute approximate surface area is 211 Å². The van der Waals surface area contributed by atoms with E-state index in [-0.39, 0.29) is 35.4 Å². The summed E-state index contributed by atoms with van der Waals surface area (Å²) in [5, 5.41) is 3.46. The number of nitrogens with zero attached hydrogens (tertiary/aromatic N) is 2. The van der Waals surface area contributed by atoms with Crippen LogP contribution in [-0.2, 0) is 11.2 Å². The van der Waals surface area contributed by atoms with E-state index in [9.17, 15) is 14.0 Å². The van der Waals surface area contributed by atoms with Crippen LogP contribution in [0.25, 0.3) is 0 Å². The second-order valence-corrected chi connectivity index (χ2v) is 9.78. The lowest BCUT2D eigenvalue weighted by Gasteiger charge is -2.41. The van der Waals surface area contributed by atoms with Gasteiger partial charge in [-0.3, -0.25) is 19.9 Å². The zero-order valence-electron chi connectivity index (χ0n) is 20.4. The number of benzene rings is 2. The van der Waals surface area contributed by atoms with Crippen molar-refractivity contribution in [1.29, 1.82) is 0 Å². The topological polar surface area (TPSA) is 85.9 Å². The van der Waals surface area contributed by atoms with Gasteiger partial charge >= 0.3 is 0 Å². The van der Waals surface area contributed by atoms with E-state index in [2.05, 4.69) is 21.1 Å². The molecule has 3 heterocycles. The summed E-state index contributed by atoms with van der Waals surface area (Å²) in [6.07, 6.45) is 2.42. The molecule has 2 aromatic rings. The lowest BCUT2D eigenvalue weighted by molar-refractivity contribution is -0.131. The molecule has 0 aliphatic carbocycles. The first-order valence-electron chi connectivity index (χ1n) is 12.8. The van der Waals surface area contributed by atoms with Gasteiger partial charge in [0.1, 0.15) is 18.2 Å². The van der Waals surface area contributed by atoms with E-state index < -0.39 is 5.82 Å². The van der Waals surface area contributed by atoms with Crippen molar-refractivity contribution >= 4 is 11.8 Å². The van der Waals surface area contributed by atoms with Crippen LogP contribution in [0, 0.1) is 11.7 Å². The van der Waals surface area contributed by atoms with E-state index in [1.807, 2.05) is 30.3 Å². The first-order chi connectivity index (χ1) is 17.6. The zero-order chi connectivity index (χ0) is 24.9. The Morgan fingerprint density at radius 1 is 1.08 bits per heavy atom. The molecule has 3 atom stereocenters. The Morgan fingerprint density at radius 2 is 1.89 bits per heavy atom. The van der Waals surface area contributed by atoms with Gasteiger partial charge < -0.3 is 15.0 Å². The number of piperidine rings is 1. The van der Waals surface area contributed by atoms with Crippen molar-refractivity contribution in [3.8, 4) is 5.75 Å². The molecular formula is C27H34FN5O3. The zero-order valence-corrected chi connectivity index (χ0v) is 20.4. The molecule has 2 amide bonds. The fourth-order valence-corrected chi connectivity index (χ4v) is 5.43. The molecule has 36 heavy (non-hydrogen) atoms. The number of carbonyl (C=O) groups excluding carboxylic acids is 2. The summed E-state index contributed by atoms with van der Waals surface area (Å²) in [4.78, 5) is 29.4. The number of ether oxygens (including phenoxy) is 1. The Morgan fingerprint density at radius 3 is 2.69 bits per heavy atom. The van der Waals surface area contributed by atoms with Gasteiger partial charge in [0.25, 0.3) is 5.91 Å². The molecule has 3 aliphatic heterocycles. The van der Waals surface area contributed by atoms with E-state index in [0.29, 0.717) is 26.1 Å². The normalized spacial score (nSPS) is 24.6. The fourth-order valence-electron chi connectivity index (χ4n) is 5.43. The van der Waals surface area contributed by atoms with E-state index in [0.717, 1.165) is 50.3 Å². The van der Waals surface area contributed by atoms with E-state index >= 15 is 0 Å². The molecule has 3 aliphatic rings. The highest BCUT2D eigenvalue weighted by Crippen LogP contribution is 2.24. The molecule has 0 aromatic heterocycles. The van der Waals surface area contributed by atoms with Gasteiger partial charge in [0.15, 0.2) is 0 Å². The van der Waals surface area contributed by atoms with Gasteiger partial charge in [0, 0.05) is 44.8 Å². The number of amides is 2. The first-order valence-corrected chi connectivity index (χ1v) is 12.8. The largest absolute Gasteiger partial charge is 0.492 e. The Hall–Kier alpha value is -3.01. The first kappa shape index (κ1) is 24.7. The molecule has 9 heteroatoms. The summed E-state index contributed by atoms with van der Waals surface area (Å²) in [5.74, 6) is 0.0292. The van der Waals surface area contributed by atoms with Crippen molar-refractivity contribution in [2.45, 2.75) is 31.3 Å². The average molecular weight is 496 g/mol. The SMILES string of the molecule is O=C1NNC(Cc2ccc(F)c(C(=O)N3CCN(CCOc4ccccc4)CC3)c2)C2NCCCC12. The van der Waals surface area contributed by atoms with Gasteiger partial charge in [-0.1, -0.05) is 24.3 Å². The van der Waals surface area contributed by atoms with Gasteiger partial charge in [0.2, 0.25) is 5.91 Å². The number of hydrazine groups is 1. The summed E-state index contributed by atoms with van der Waals surface area (Å²) < 4.78 is 20.5. The minimum absolute atomic E-state index is 0.0178. The molecule has 192 valence electrons. The van der Waals surface area contributed by atoms with Crippen LogP contribution >= 0.6 is 0 Å². The maximum atomic E-state index is 14.7. The number of nitrogens with one attached hydrogen (secondary N) is 3. The van der Waals surface area contributed by atoms with E-state index in [1.165, 1.54) is 6.07 Å². The number of fused-ring (bicyclic) bond motifs is 1. The van der Waals surface area contributed by atoms with Crippen LogP contribution in [0.15, 0.2) is 48.5 Å². The third-order valence-electron chi connectivity index (χ3n) is 7.45. The molecule has 0 spiro atoms. The molecule has 5 rings (SSSR count). The lowest BCUT2D eigenvalue weighted by atomic mass is 9.82. The summed E-state index contributed by atoms with van der Waals surface area (Å²) >= 11 is 0. The van der Waals surface area contributed by atoms with Crippen molar-refractivity contribution in [3.63, 3.8) is 0 Å². The van der Waals surface area contributed by atoms with Gasteiger partial charge in [-0.25, -0.2) is 9.82 Å². The van der Waals surface area contributed by atoms with Crippen molar-refractivity contribution in [2.24, 2.45) is 5.92 Å². The third-order valence-corrected chi connectivity index (χ3v) is 7.45. The summed E-state index contributed by atoms with van der Waals surface area (Å²) in [5.41, 5.74) is 6.88. The molecule has 0 saturated carbocycles. The molecule has 2 aromatic carbocycles. The highest BCUT2D eigenvalue weighted by Gasteiger charge is 2.40. The van der Waals surface area contributed by atoms with Crippen LogP contribution in [0.5, 0.6) is 5.75 Å². The van der Waals surface area contributed by atoms with Crippen LogP contribution in [0.3, 0.4) is 0 Å². The summed E-state index contributed by atoms with van der Waals surface area (Å²) in [6.45, 7) is 4.81. The number of carbonyl (C=O) groups is 2. The van der Waals surface area contributed by atoms with Gasteiger partial charge in [-0.2, -0.15) is 0 Å². The van der Waals surface area contributed by atoms with E-state index in [4.69, 9.17) is 4.74 Å². The number of rotatable bonds is 7. The second kappa shape index (κ2) is 11.4. The standard InChI is InChI=1S/C27H34FN5O3/c28-23-9-8-19(18-24-25-21(7-4-10-29-25)26(34)31-30-24)17-22(23)27(35)33-13-11-32(12-14-33)15-16-36-20-5-2-1-3-6-20/h1-3,5-6,8-9,17,21,24-25,29-30H,4,7,10-16,18H2,(H,31,34). The minimum Gasteiger partial charge on any atom is -0.492 e. The second-order valence-electron chi connectivity index (χ2n) is 9.78. The minimum atomic E-state index is -0.499. The van der Waals surface area contributed by atoms with Crippen LogP contribution in [0.1, 0.15) is 28.8 Å². The number of piperazine rings is 1. The lowest BCUT2D eigenvalue weighted by Crippen LogP contribution is -2.67. The number of hydrogen-bond acceptors (Lipinski definition) is 6. The van der Waals surface area contributed by atoms with Crippen LogP contribution in [0.4, 0.5) is 4.39 Å². The molecule has 3 fully saturated rings. The molecular weight excluding hydrogens is 461 g/mol. The van der Waals surface area contributed by atoms with Crippen LogP contribution < -0.4 is 20.9 Å². The maximum Gasteiger partial charge on any atom is 0.256 e. The molecule has 0 bridgehead atoms. The monoisotopic (exact) mass is 495 g/mol. The fraction of sp³-hybridized carbons (Fsp3) is 0.481. The van der Waals surface area contributed by atoms with Crippen molar-refractivity contribution in [3.05, 3.63) is 65.5 Å². The summed E-state index contributed by atoms with van der Waals surface area (Å²) in [7, 11) is 0. The Kier molecular flexibility index (Phi) is 7.79. The quantitative estimate of drug-likeness (QED) is 0.541. The maximum absolute atomic E-state index is 14.7. The van der Waals surface area contributed by atoms with Crippen molar-refractivity contribution in [1.82, 2.24) is 26.0 Å². The van der Waals surface area contributed by atoms with E-state index in [1.54, 1.807) is 17.0 Å². The Balaban J connectivity index is 1.15. The highest BCUT2D eigenvalue weighted by molar-refractivity contribution is 5.94. The van der Waals surface area contributed by atoms with Crippen LogP contribution in [0.2, 0.25) is 0 Å². The predicted molar refractivity (Wildman–Crippen MR) is 134 cm³/mol. The van der Waals surface area contributed by atoms with Gasteiger partial charge in [-0.15, -0.1) is 0 Å². The third kappa shape index (κ3) is 5.69. The number of halogens is 1. The number of para-hydroxylation sites is 1. The Bertz CT molecular complexity index is 1060. The highest BCUT2D eigenvalue weighted by atomic mass is 19.1. The predicted octanol–water partition coefficient (Wildman–Crippen LogP) is 1.58. The number of hydrogen-bond donors (Lipinski definition) is 3. The van der Waals surface area contributed by atoms with Crippen LogP contribution in [-0.4, -0.2) is 79.6 Å². The molecule has 0 radical (unpaired) electrons. The molecule has 3 unspecified atom stereocenters. The van der Waals surface area contributed by atoms with Crippen molar-refractivity contribution in [2.75, 3.05) is 45.9 Å². The molecule has 3 N–H and O–H groups in total.